The van der Waals surface area contributed by atoms with Crippen LogP contribution in [0.4, 0.5) is 0 Å². The summed E-state index contributed by atoms with van der Waals surface area (Å²) in [4.78, 5) is 11.4. The molecule has 1 aliphatic heterocycles. The first-order valence-corrected chi connectivity index (χ1v) is 5.50. The van der Waals surface area contributed by atoms with Crippen LogP contribution < -0.4 is 0 Å². The summed E-state index contributed by atoms with van der Waals surface area (Å²) < 4.78 is 10.2. The fourth-order valence-corrected chi connectivity index (χ4v) is 1.76. The Balaban J connectivity index is 2.09. The third-order valence-corrected chi connectivity index (χ3v) is 2.71. The molecule has 88 valence electrons. The summed E-state index contributed by atoms with van der Waals surface area (Å²) in [6, 6.07) is 7.54. The van der Waals surface area contributed by atoms with Crippen LogP contribution in [0.15, 0.2) is 18.2 Å². The molecule has 0 amide bonds. The van der Waals surface area contributed by atoms with Gasteiger partial charge in [0.05, 0.1) is 18.2 Å². The number of hydrogen-bond acceptors (Lipinski definition) is 4. The second-order valence-electron chi connectivity index (χ2n) is 3.92. The number of carbonyl (C=O) groups excluding carboxylic acids is 1. The van der Waals surface area contributed by atoms with Crippen molar-refractivity contribution >= 4 is 5.97 Å². The summed E-state index contributed by atoms with van der Waals surface area (Å²) in [5.41, 5.74) is 2.45. The minimum Gasteiger partial charge on any atom is -0.464 e. The number of rotatable bonds is 3. The van der Waals surface area contributed by atoms with Crippen LogP contribution in [-0.2, 0) is 14.3 Å². The molecule has 1 heterocycles. The van der Waals surface area contributed by atoms with Crippen molar-refractivity contribution in [1.29, 1.82) is 5.26 Å². The molecule has 17 heavy (non-hydrogen) atoms. The maximum absolute atomic E-state index is 11.4. The summed E-state index contributed by atoms with van der Waals surface area (Å²) in [5.74, 6) is -0.320. The van der Waals surface area contributed by atoms with Gasteiger partial charge in [0.15, 0.2) is 6.10 Å². The highest BCUT2D eigenvalue weighted by Gasteiger charge is 2.47. The number of benzene rings is 1. The molecule has 1 saturated heterocycles. The minimum atomic E-state index is -0.484. The first-order chi connectivity index (χ1) is 8.17. The normalized spacial score (nSPS) is 21.7. The second-order valence-corrected chi connectivity index (χ2v) is 3.92. The van der Waals surface area contributed by atoms with E-state index in [0.717, 1.165) is 11.1 Å². The van der Waals surface area contributed by atoms with Gasteiger partial charge in [-0.3, -0.25) is 0 Å². The van der Waals surface area contributed by atoms with Crippen LogP contribution in [0.1, 0.15) is 29.7 Å². The molecule has 0 radical (unpaired) electrons. The number of aryl methyl sites for hydroxylation is 1. The van der Waals surface area contributed by atoms with Crippen LogP contribution in [0.25, 0.3) is 0 Å². The Morgan fingerprint density at radius 3 is 2.94 bits per heavy atom. The summed E-state index contributed by atoms with van der Waals surface area (Å²) in [5, 5.41) is 8.82. The lowest BCUT2D eigenvalue weighted by atomic mass is 10.0. The minimum absolute atomic E-state index is 0.222. The van der Waals surface area contributed by atoms with Gasteiger partial charge in [-0.2, -0.15) is 5.26 Å². The quantitative estimate of drug-likeness (QED) is 0.588. The van der Waals surface area contributed by atoms with Gasteiger partial charge in [0.1, 0.15) is 6.10 Å². The van der Waals surface area contributed by atoms with E-state index >= 15 is 0 Å². The number of epoxide rings is 1. The van der Waals surface area contributed by atoms with Crippen molar-refractivity contribution in [3.63, 3.8) is 0 Å². The Morgan fingerprint density at radius 1 is 1.59 bits per heavy atom. The monoisotopic (exact) mass is 231 g/mol. The zero-order valence-electron chi connectivity index (χ0n) is 9.77. The van der Waals surface area contributed by atoms with E-state index in [1.54, 1.807) is 13.0 Å². The van der Waals surface area contributed by atoms with E-state index in [0.29, 0.717) is 12.2 Å². The van der Waals surface area contributed by atoms with Crippen LogP contribution in [0.5, 0.6) is 0 Å². The zero-order valence-corrected chi connectivity index (χ0v) is 9.77. The third kappa shape index (κ3) is 2.29. The lowest BCUT2D eigenvalue weighted by molar-refractivity contribution is -0.144. The Kier molecular flexibility index (Phi) is 3.12. The van der Waals surface area contributed by atoms with Crippen molar-refractivity contribution in [3.8, 4) is 6.07 Å². The molecule has 4 nitrogen and oxygen atoms in total. The predicted molar refractivity (Wildman–Crippen MR) is 60.1 cm³/mol. The molecule has 1 aromatic rings. The average molecular weight is 231 g/mol. The molecular weight excluding hydrogens is 218 g/mol. The molecule has 1 aliphatic rings. The lowest BCUT2D eigenvalue weighted by Gasteiger charge is -2.01. The molecule has 0 aromatic heterocycles. The fraction of sp³-hybridized carbons (Fsp3) is 0.385. The van der Waals surface area contributed by atoms with Crippen LogP contribution in [-0.4, -0.2) is 18.7 Å². The molecule has 0 N–H and O–H groups in total. The van der Waals surface area contributed by atoms with Gasteiger partial charge in [0, 0.05) is 0 Å². The lowest BCUT2D eigenvalue weighted by Crippen LogP contribution is -2.11. The number of hydrogen-bond donors (Lipinski definition) is 0. The van der Waals surface area contributed by atoms with E-state index in [1.165, 1.54) is 0 Å². The zero-order chi connectivity index (χ0) is 12.4. The summed E-state index contributed by atoms with van der Waals surface area (Å²) in [6.07, 6.45) is -0.706. The molecule has 4 heteroatoms. The van der Waals surface area contributed by atoms with Crippen LogP contribution in [0.3, 0.4) is 0 Å². The van der Waals surface area contributed by atoms with Gasteiger partial charge in [-0.05, 0) is 31.0 Å². The fourth-order valence-electron chi connectivity index (χ4n) is 1.76. The predicted octanol–water partition coefficient (Wildman–Crippen LogP) is 1.87. The number of carbonyl (C=O) groups is 1. The highest BCUT2D eigenvalue weighted by molar-refractivity contribution is 5.78. The molecule has 0 unspecified atom stereocenters. The van der Waals surface area contributed by atoms with Crippen LogP contribution in [0, 0.1) is 18.3 Å². The van der Waals surface area contributed by atoms with E-state index in [9.17, 15) is 4.79 Å². The largest absolute Gasteiger partial charge is 0.464 e. The van der Waals surface area contributed by atoms with Gasteiger partial charge in [0.2, 0.25) is 0 Å². The Bertz CT molecular complexity index is 490. The number of esters is 1. The molecule has 0 spiro atoms. The molecule has 1 aromatic carbocycles. The summed E-state index contributed by atoms with van der Waals surface area (Å²) >= 11 is 0. The molecular formula is C13H13NO3. The van der Waals surface area contributed by atoms with E-state index in [4.69, 9.17) is 14.7 Å². The summed E-state index contributed by atoms with van der Waals surface area (Å²) in [6.45, 7) is 3.99. The average Bonchev–Trinajstić information content (AvgIpc) is 3.09. The standard InChI is InChI=1S/C13H13NO3/c1-3-16-13(15)12-11(17-12)9-4-5-10(7-14)8(2)6-9/h4-6,11-12H,3H2,1-2H3/t11-,12-/m0/s1. The number of ether oxygens (including phenoxy) is 2. The highest BCUT2D eigenvalue weighted by Crippen LogP contribution is 2.39. The molecule has 0 saturated carbocycles. The van der Waals surface area contributed by atoms with Crippen molar-refractivity contribution < 1.29 is 14.3 Å². The highest BCUT2D eigenvalue weighted by atomic mass is 16.6. The smallest absolute Gasteiger partial charge is 0.338 e. The first kappa shape index (κ1) is 11.6. The maximum atomic E-state index is 11.4. The SMILES string of the molecule is CCOC(=O)[C@H]1O[C@H]1c1ccc(C#N)c(C)c1. The van der Waals surface area contributed by atoms with Crippen LogP contribution >= 0.6 is 0 Å². The molecule has 0 aliphatic carbocycles. The topological polar surface area (TPSA) is 62.6 Å². The van der Waals surface area contributed by atoms with Gasteiger partial charge in [-0.1, -0.05) is 12.1 Å². The molecule has 0 bridgehead atoms. The van der Waals surface area contributed by atoms with E-state index < -0.39 is 6.10 Å². The van der Waals surface area contributed by atoms with Crippen molar-refractivity contribution in [2.75, 3.05) is 6.61 Å². The van der Waals surface area contributed by atoms with E-state index in [2.05, 4.69) is 6.07 Å². The maximum Gasteiger partial charge on any atom is 0.338 e. The third-order valence-electron chi connectivity index (χ3n) is 2.71. The second kappa shape index (κ2) is 4.56. The van der Waals surface area contributed by atoms with Crippen molar-refractivity contribution in [2.45, 2.75) is 26.1 Å². The molecule has 1 fully saturated rings. The van der Waals surface area contributed by atoms with E-state index in [-0.39, 0.29) is 12.1 Å². The van der Waals surface area contributed by atoms with Crippen LogP contribution in [0.2, 0.25) is 0 Å². The van der Waals surface area contributed by atoms with Gasteiger partial charge < -0.3 is 9.47 Å². The molecule has 2 rings (SSSR count). The van der Waals surface area contributed by atoms with Gasteiger partial charge in [0.25, 0.3) is 0 Å². The van der Waals surface area contributed by atoms with Gasteiger partial charge in [-0.25, -0.2) is 4.79 Å². The van der Waals surface area contributed by atoms with Crippen molar-refractivity contribution in [1.82, 2.24) is 0 Å². The summed E-state index contributed by atoms with van der Waals surface area (Å²) in [7, 11) is 0. The number of nitrogens with zero attached hydrogens (tertiary/aromatic N) is 1. The van der Waals surface area contributed by atoms with Gasteiger partial charge in [-0.15, -0.1) is 0 Å². The molecule has 2 atom stereocenters. The first-order valence-electron chi connectivity index (χ1n) is 5.50. The Labute approximate surface area is 99.8 Å². The van der Waals surface area contributed by atoms with E-state index in [1.807, 2.05) is 19.1 Å². The number of nitriles is 1. The Hall–Kier alpha value is -1.86. The van der Waals surface area contributed by atoms with Crippen molar-refractivity contribution in [2.24, 2.45) is 0 Å². The Morgan fingerprint density at radius 2 is 2.35 bits per heavy atom. The van der Waals surface area contributed by atoms with Crippen molar-refractivity contribution in [3.05, 3.63) is 34.9 Å². The van der Waals surface area contributed by atoms with Gasteiger partial charge >= 0.3 is 5.97 Å².